The fourth-order valence-corrected chi connectivity index (χ4v) is 2.21. The summed E-state index contributed by atoms with van der Waals surface area (Å²) in [5.74, 6) is -0.462. The van der Waals surface area contributed by atoms with Gasteiger partial charge in [-0.3, -0.25) is 4.79 Å². The van der Waals surface area contributed by atoms with E-state index in [1.807, 2.05) is 0 Å². The Labute approximate surface area is 113 Å². The van der Waals surface area contributed by atoms with Crippen LogP contribution in [-0.4, -0.2) is 6.29 Å². The lowest BCUT2D eigenvalue weighted by Gasteiger charge is -2.11. The molecule has 0 aliphatic heterocycles. The molecule has 1 nitrogen and oxygen atoms in total. The smallest absolute Gasteiger partial charge is 0.152 e. The van der Waals surface area contributed by atoms with E-state index in [9.17, 15) is 9.18 Å². The van der Waals surface area contributed by atoms with Crippen LogP contribution in [0.2, 0.25) is 0 Å². The van der Waals surface area contributed by atoms with Crippen LogP contribution in [-0.2, 0) is 12.8 Å². The normalized spacial score (nSPS) is 10.5. The van der Waals surface area contributed by atoms with Crippen LogP contribution in [0.1, 0.15) is 35.3 Å². The summed E-state index contributed by atoms with van der Waals surface area (Å²) in [4.78, 5) is 10.7. The van der Waals surface area contributed by atoms with Crippen LogP contribution in [0, 0.1) is 5.82 Å². The monoisotopic (exact) mass is 256 g/mol. The topological polar surface area (TPSA) is 17.1 Å². The Bertz CT molecular complexity index is 602. The van der Waals surface area contributed by atoms with Crippen LogP contribution in [0.4, 0.5) is 4.39 Å². The molecule has 2 aromatic carbocycles. The van der Waals surface area contributed by atoms with Gasteiger partial charge in [-0.1, -0.05) is 38.1 Å². The standard InChI is InChI=1S/C17H17FO/c1-3-12-5-6-13(4-2)16(9-12)14-7-8-15(11-19)17(18)10-14/h5-11H,3-4H2,1-2H3. The summed E-state index contributed by atoms with van der Waals surface area (Å²) in [6, 6.07) is 11.1. The summed E-state index contributed by atoms with van der Waals surface area (Å²) in [6.07, 6.45) is 2.39. The molecule has 0 amide bonds. The van der Waals surface area contributed by atoms with Gasteiger partial charge >= 0.3 is 0 Å². The van der Waals surface area contributed by atoms with Crippen LogP contribution < -0.4 is 0 Å². The maximum Gasteiger partial charge on any atom is 0.152 e. The number of hydrogen-bond donors (Lipinski definition) is 0. The second-order valence-electron chi connectivity index (χ2n) is 4.55. The van der Waals surface area contributed by atoms with Crippen molar-refractivity contribution in [3.05, 3.63) is 58.9 Å². The van der Waals surface area contributed by atoms with Crippen molar-refractivity contribution in [2.24, 2.45) is 0 Å². The number of benzene rings is 2. The molecular weight excluding hydrogens is 239 g/mol. The third kappa shape index (κ3) is 2.73. The average Bonchev–Trinajstić information content (AvgIpc) is 2.46. The lowest BCUT2D eigenvalue weighted by atomic mass is 9.94. The highest BCUT2D eigenvalue weighted by molar-refractivity contribution is 5.78. The van der Waals surface area contributed by atoms with Crippen LogP contribution in [0.3, 0.4) is 0 Å². The number of aldehydes is 1. The third-order valence-corrected chi connectivity index (χ3v) is 3.40. The number of carbonyl (C=O) groups excluding carboxylic acids is 1. The zero-order chi connectivity index (χ0) is 13.8. The van der Waals surface area contributed by atoms with Crippen LogP contribution in [0.5, 0.6) is 0 Å². The van der Waals surface area contributed by atoms with Crippen molar-refractivity contribution in [1.29, 1.82) is 0 Å². The largest absolute Gasteiger partial charge is 0.298 e. The predicted molar refractivity (Wildman–Crippen MR) is 76.0 cm³/mol. The van der Waals surface area contributed by atoms with E-state index in [1.54, 1.807) is 6.07 Å². The lowest BCUT2D eigenvalue weighted by molar-refractivity contribution is 0.112. The van der Waals surface area contributed by atoms with Gasteiger partial charge in [0.05, 0.1) is 5.56 Å². The zero-order valence-corrected chi connectivity index (χ0v) is 11.2. The van der Waals surface area contributed by atoms with Crippen molar-refractivity contribution >= 4 is 6.29 Å². The van der Waals surface area contributed by atoms with Gasteiger partial charge in [0.1, 0.15) is 5.82 Å². The first-order valence-corrected chi connectivity index (χ1v) is 6.56. The summed E-state index contributed by atoms with van der Waals surface area (Å²) in [6.45, 7) is 4.18. The molecule has 0 aliphatic carbocycles. The molecule has 2 rings (SSSR count). The quantitative estimate of drug-likeness (QED) is 0.739. The first-order chi connectivity index (χ1) is 9.19. The van der Waals surface area contributed by atoms with Crippen molar-refractivity contribution in [3.8, 4) is 11.1 Å². The second-order valence-corrected chi connectivity index (χ2v) is 4.55. The first kappa shape index (κ1) is 13.5. The molecule has 0 spiro atoms. The summed E-state index contributed by atoms with van der Waals surface area (Å²) >= 11 is 0. The molecule has 0 heterocycles. The molecule has 0 N–H and O–H groups in total. The highest BCUT2D eigenvalue weighted by Gasteiger charge is 2.08. The van der Waals surface area contributed by atoms with Gasteiger partial charge in [0.25, 0.3) is 0 Å². The Morgan fingerprint density at radius 2 is 1.84 bits per heavy atom. The van der Waals surface area contributed by atoms with E-state index in [4.69, 9.17) is 0 Å². The van der Waals surface area contributed by atoms with Gasteiger partial charge in [-0.2, -0.15) is 0 Å². The van der Waals surface area contributed by atoms with E-state index in [0.717, 1.165) is 24.0 Å². The minimum Gasteiger partial charge on any atom is -0.298 e. The minimum absolute atomic E-state index is 0.105. The predicted octanol–water partition coefficient (Wildman–Crippen LogP) is 4.43. The zero-order valence-electron chi connectivity index (χ0n) is 11.2. The second kappa shape index (κ2) is 5.79. The number of hydrogen-bond acceptors (Lipinski definition) is 1. The Kier molecular flexibility index (Phi) is 4.10. The average molecular weight is 256 g/mol. The van der Waals surface area contributed by atoms with Gasteiger partial charge in [0, 0.05) is 0 Å². The molecule has 19 heavy (non-hydrogen) atoms. The van der Waals surface area contributed by atoms with Crippen LogP contribution in [0.15, 0.2) is 36.4 Å². The summed E-state index contributed by atoms with van der Waals surface area (Å²) in [5, 5.41) is 0. The number of rotatable bonds is 4. The van der Waals surface area contributed by atoms with Gasteiger partial charge in [-0.05, 0) is 47.2 Å². The van der Waals surface area contributed by atoms with Crippen molar-refractivity contribution in [2.45, 2.75) is 26.7 Å². The minimum atomic E-state index is -0.462. The maximum absolute atomic E-state index is 13.7. The van der Waals surface area contributed by atoms with E-state index >= 15 is 0 Å². The molecule has 0 saturated heterocycles. The number of aryl methyl sites for hydroxylation is 2. The van der Waals surface area contributed by atoms with E-state index in [-0.39, 0.29) is 5.56 Å². The van der Waals surface area contributed by atoms with Gasteiger partial charge in [0.15, 0.2) is 6.29 Å². The van der Waals surface area contributed by atoms with E-state index in [1.165, 1.54) is 23.3 Å². The summed E-state index contributed by atoms with van der Waals surface area (Å²) < 4.78 is 13.7. The Morgan fingerprint density at radius 1 is 1.05 bits per heavy atom. The molecule has 0 aliphatic rings. The lowest BCUT2D eigenvalue weighted by Crippen LogP contribution is -1.93. The SMILES string of the molecule is CCc1ccc(CC)c(-c2ccc(C=O)c(F)c2)c1. The maximum atomic E-state index is 13.7. The molecule has 2 aromatic rings. The van der Waals surface area contributed by atoms with E-state index < -0.39 is 5.82 Å². The van der Waals surface area contributed by atoms with Gasteiger partial charge < -0.3 is 0 Å². The van der Waals surface area contributed by atoms with Gasteiger partial charge in [0.2, 0.25) is 0 Å². The number of halogens is 1. The van der Waals surface area contributed by atoms with Crippen molar-refractivity contribution < 1.29 is 9.18 Å². The van der Waals surface area contributed by atoms with Gasteiger partial charge in [-0.15, -0.1) is 0 Å². The fourth-order valence-electron chi connectivity index (χ4n) is 2.21. The van der Waals surface area contributed by atoms with Crippen molar-refractivity contribution in [2.75, 3.05) is 0 Å². The molecule has 0 saturated carbocycles. The Balaban J connectivity index is 2.56. The fraction of sp³-hybridized carbons (Fsp3) is 0.235. The molecule has 0 radical (unpaired) electrons. The molecule has 2 heteroatoms. The summed E-state index contributed by atoms with van der Waals surface area (Å²) in [5.41, 5.74) is 4.41. The van der Waals surface area contributed by atoms with E-state index in [0.29, 0.717) is 6.29 Å². The van der Waals surface area contributed by atoms with Gasteiger partial charge in [-0.25, -0.2) is 4.39 Å². The highest BCUT2D eigenvalue weighted by Crippen LogP contribution is 2.27. The van der Waals surface area contributed by atoms with Crippen molar-refractivity contribution in [1.82, 2.24) is 0 Å². The Hall–Kier alpha value is -1.96. The van der Waals surface area contributed by atoms with E-state index in [2.05, 4.69) is 32.0 Å². The molecule has 0 atom stereocenters. The highest BCUT2D eigenvalue weighted by atomic mass is 19.1. The molecule has 0 bridgehead atoms. The van der Waals surface area contributed by atoms with Crippen LogP contribution >= 0.6 is 0 Å². The first-order valence-electron chi connectivity index (χ1n) is 6.56. The molecule has 98 valence electrons. The summed E-state index contributed by atoms with van der Waals surface area (Å²) in [7, 11) is 0. The number of carbonyl (C=O) groups is 1. The molecular formula is C17H17FO. The molecule has 0 fully saturated rings. The third-order valence-electron chi connectivity index (χ3n) is 3.40. The van der Waals surface area contributed by atoms with Crippen LogP contribution in [0.25, 0.3) is 11.1 Å². The molecule has 0 aromatic heterocycles. The molecule has 0 unspecified atom stereocenters. The Morgan fingerprint density at radius 3 is 2.42 bits per heavy atom. The van der Waals surface area contributed by atoms with Crippen molar-refractivity contribution in [3.63, 3.8) is 0 Å².